The van der Waals surface area contributed by atoms with Crippen LogP contribution in [0.2, 0.25) is 0 Å². The number of nitrogens with one attached hydrogen (secondary N) is 1. The number of pyridine rings is 1. The number of fused-ring (bicyclic) bond motifs is 1. The Morgan fingerprint density at radius 2 is 2.35 bits per heavy atom. The van der Waals surface area contributed by atoms with E-state index in [0.717, 1.165) is 42.8 Å². The second-order valence-electron chi connectivity index (χ2n) is 5.32. The first kappa shape index (κ1) is 15.4. The maximum atomic E-state index is 11.2. The molecule has 0 radical (unpaired) electrons. The molecule has 0 spiro atoms. The van der Waals surface area contributed by atoms with Crippen LogP contribution in [0.5, 0.6) is 0 Å². The monoisotopic (exact) mass is 311 g/mol. The van der Waals surface area contributed by atoms with Crippen LogP contribution in [0.25, 0.3) is 0 Å². The smallest absolute Gasteiger partial charge is 0.136 e. The molecule has 0 saturated carbocycles. The molecule has 2 atom stereocenters. The third-order valence-corrected chi connectivity index (χ3v) is 4.57. The minimum absolute atomic E-state index is 0.193. The minimum atomic E-state index is -0.769. The number of thiocarbonyl (C=S) groups is 1. The number of nitrogens with zero attached hydrogens (tertiary/aromatic N) is 1. The van der Waals surface area contributed by atoms with Gasteiger partial charge in [-0.25, -0.2) is 4.98 Å². The molecule has 2 unspecified atom stereocenters. The fourth-order valence-corrected chi connectivity index (χ4v) is 3.26. The maximum Gasteiger partial charge on any atom is 0.136 e. The third kappa shape index (κ3) is 3.76. The van der Waals surface area contributed by atoms with E-state index in [0.29, 0.717) is 10.7 Å². The van der Waals surface area contributed by atoms with E-state index in [4.69, 9.17) is 18.0 Å². The van der Waals surface area contributed by atoms with E-state index in [1.54, 1.807) is 6.26 Å². The molecule has 1 aliphatic rings. The first-order chi connectivity index (χ1) is 9.47. The largest absolute Gasteiger partial charge is 0.389 e. The summed E-state index contributed by atoms with van der Waals surface area (Å²) < 4.78 is 11.2. The van der Waals surface area contributed by atoms with Gasteiger partial charge in [0.25, 0.3) is 0 Å². The van der Waals surface area contributed by atoms with Gasteiger partial charge in [0.2, 0.25) is 0 Å². The van der Waals surface area contributed by atoms with Crippen molar-refractivity contribution in [2.45, 2.75) is 38.6 Å². The highest BCUT2D eigenvalue weighted by molar-refractivity contribution is 7.84. The summed E-state index contributed by atoms with van der Waals surface area (Å²) >= 11 is 5.13. The summed E-state index contributed by atoms with van der Waals surface area (Å²) in [5.41, 5.74) is 9.05. The lowest BCUT2D eigenvalue weighted by atomic mass is 10.1. The molecule has 3 N–H and O–H groups in total. The third-order valence-electron chi connectivity index (χ3n) is 3.54. The van der Waals surface area contributed by atoms with Crippen molar-refractivity contribution in [1.82, 2.24) is 4.98 Å². The van der Waals surface area contributed by atoms with Crippen LogP contribution in [0.1, 0.15) is 36.6 Å². The van der Waals surface area contributed by atoms with Crippen molar-refractivity contribution in [2.24, 2.45) is 5.73 Å². The average Bonchev–Trinajstić information content (AvgIpc) is 2.82. The Balaban J connectivity index is 2.17. The van der Waals surface area contributed by atoms with Crippen LogP contribution in [-0.4, -0.2) is 32.2 Å². The minimum Gasteiger partial charge on any atom is -0.389 e. The molecule has 0 fully saturated rings. The van der Waals surface area contributed by atoms with Crippen LogP contribution >= 0.6 is 12.2 Å². The molecule has 0 saturated heterocycles. The zero-order valence-electron chi connectivity index (χ0n) is 11.9. The van der Waals surface area contributed by atoms with Crippen molar-refractivity contribution in [3.8, 4) is 0 Å². The van der Waals surface area contributed by atoms with Gasteiger partial charge in [0.05, 0.1) is 5.56 Å². The SMILES string of the molecule is CC(CCS(C)=O)Nc1nc2c(cc1C(N)=S)CCC2. The van der Waals surface area contributed by atoms with Gasteiger partial charge in [-0.2, -0.15) is 0 Å². The van der Waals surface area contributed by atoms with Crippen molar-refractivity contribution in [2.75, 3.05) is 17.3 Å². The van der Waals surface area contributed by atoms with Crippen molar-refractivity contribution >= 4 is 33.8 Å². The van der Waals surface area contributed by atoms with Crippen molar-refractivity contribution in [3.63, 3.8) is 0 Å². The number of aryl methyl sites for hydroxylation is 2. The van der Waals surface area contributed by atoms with Crippen molar-refractivity contribution in [3.05, 3.63) is 22.9 Å². The molecular formula is C14H21N3OS2. The van der Waals surface area contributed by atoms with Crippen LogP contribution in [0.3, 0.4) is 0 Å². The van der Waals surface area contributed by atoms with E-state index in [1.807, 2.05) is 0 Å². The summed E-state index contributed by atoms with van der Waals surface area (Å²) in [6.45, 7) is 2.06. The molecule has 0 aromatic carbocycles. The Labute approximate surface area is 128 Å². The Morgan fingerprint density at radius 3 is 3.00 bits per heavy atom. The quantitative estimate of drug-likeness (QED) is 0.784. The molecule has 110 valence electrons. The Hall–Kier alpha value is -1.01. The van der Waals surface area contributed by atoms with Crippen molar-refractivity contribution in [1.29, 1.82) is 0 Å². The first-order valence-electron chi connectivity index (χ1n) is 6.86. The Morgan fingerprint density at radius 1 is 1.60 bits per heavy atom. The predicted octanol–water partition coefficient (Wildman–Crippen LogP) is 1.77. The number of nitrogens with two attached hydrogens (primary N) is 1. The van der Waals surface area contributed by atoms with Crippen molar-refractivity contribution < 1.29 is 4.21 Å². The molecule has 1 heterocycles. The zero-order chi connectivity index (χ0) is 14.7. The first-order valence-corrected chi connectivity index (χ1v) is 9.00. The Bertz CT molecular complexity index is 545. The van der Waals surface area contributed by atoms with Crippen LogP contribution in [0, 0.1) is 0 Å². The van der Waals surface area contributed by atoms with Gasteiger partial charge in [0.15, 0.2) is 0 Å². The van der Waals surface area contributed by atoms with E-state index < -0.39 is 10.8 Å². The molecule has 0 bridgehead atoms. The van der Waals surface area contributed by atoms with Gasteiger partial charge in [-0.15, -0.1) is 0 Å². The fourth-order valence-electron chi connectivity index (χ4n) is 2.42. The molecule has 6 heteroatoms. The maximum absolute atomic E-state index is 11.2. The summed E-state index contributed by atoms with van der Waals surface area (Å²) in [5.74, 6) is 1.45. The number of hydrogen-bond donors (Lipinski definition) is 2. The van der Waals surface area contributed by atoms with E-state index in [2.05, 4.69) is 23.3 Å². The normalized spacial score (nSPS) is 16.5. The van der Waals surface area contributed by atoms with E-state index in [-0.39, 0.29) is 6.04 Å². The molecule has 20 heavy (non-hydrogen) atoms. The van der Waals surface area contributed by atoms with Crippen LogP contribution in [-0.2, 0) is 23.6 Å². The second kappa shape index (κ2) is 6.63. The molecule has 0 aliphatic heterocycles. The van der Waals surface area contributed by atoms with Gasteiger partial charge in [-0.3, -0.25) is 4.21 Å². The molecule has 0 amide bonds. The fraction of sp³-hybridized carbons (Fsp3) is 0.571. The topological polar surface area (TPSA) is 68.0 Å². The highest BCUT2D eigenvalue weighted by atomic mass is 32.2. The van der Waals surface area contributed by atoms with Gasteiger partial charge in [-0.1, -0.05) is 12.2 Å². The van der Waals surface area contributed by atoms with Crippen LogP contribution in [0.15, 0.2) is 6.07 Å². The lowest BCUT2D eigenvalue weighted by molar-refractivity contribution is 0.678. The van der Waals surface area contributed by atoms with Gasteiger partial charge in [0, 0.05) is 34.5 Å². The Kier molecular flexibility index (Phi) is 5.10. The van der Waals surface area contributed by atoms with E-state index in [1.165, 1.54) is 5.56 Å². The zero-order valence-corrected chi connectivity index (χ0v) is 13.6. The molecule has 4 nitrogen and oxygen atoms in total. The summed E-state index contributed by atoms with van der Waals surface area (Å²) in [7, 11) is -0.769. The molecule has 1 aliphatic carbocycles. The van der Waals surface area contributed by atoms with Gasteiger partial charge < -0.3 is 11.1 Å². The summed E-state index contributed by atoms with van der Waals surface area (Å²) in [4.78, 5) is 5.06. The van der Waals surface area contributed by atoms with E-state index in [9.17, 15) is 4.21 Å². The van der Waals surface area contributed by atoms with Crippen LogP contribution < -0.4 is 11.1 Å². The molecular weight excluding hydrogens is 290 g/mol. The lowest BCUT2D eigenvalue weighted by Gasteiger charge is -2.17. The van der Waals surface area contributed by atoms with Gasteiger partial charge in [0.1, 0.15) is 10.8 Å². The molecule has 1 aromatic heterocycles. The molecule has 2 rings (SSSR count). The highest BCUT2D eigenvalue weighted by Gasteiger charge is 2.18. The average molecular weight is 311 g/mol. The summed E-state index contributed by atoms with van der Waals surface area (Å²) in [6.07, 6.45) is 5.78. The number of anilines is 1. The lowest BCUT2D eigenvalue weighted by Crippen LogP contribution is -2.22. The van der Waals surface area contributed by atoms with E-state index >= 15 is 0 Å². The number of aromatic nitrogens is 1. The van der Waals surface area contributed by atoms with Gasteiger partial charge in [-0.05, 0) is 44.2 Å². The molecule has 1 aromatic rings. The highest BCUT2D eigenvalue weighted by Crippen LogP contribution is 2.25. The van der Waals surface area contributed by atoms with Gasteiger partial charge >= 0.3 is 0 Å². The summed E-state index contributed by atoms with van der Waals surface area (Å²) in [5, 5.41) is 3.36. The van der Waals surface area contributed by atoms with Crippen LogP contribution in [0.4, 0.5) is 5.82 Å². The standard InChI is InChI=1S/C14H21N3OS2/c1-9(6-7-20(2)18)16-14-11(13(15)19)8-10-4-3-5-12(10)17-14/h8-9H,3-7H2,1-2H3,(H2,15,19)(H,16,17). The second-order valence-corrected chi connectivity index (χ2v) is 7.31. The number of hydrogen-bond acceptors (Lipinski definition) is 4. The predicted molar refractivity (Wildman–Crippen MR) is 88.8 cm³/mol. The number of rotatable bonds is 6. The summed E-state index contributed by atoms with van der Waals surface area (Å²) in [6, 6.07) is 2.27.